The van der Waals surface area contributed by atoms with Crippen molar-refractivity contribution in [2.75, 3.05) is 0 Å². The van der Waals surface area contributed by atoms with E-state index in [-0.39, 0.29) is 5.56 Å². The van der Waals surface area contributed by atoms with Gasteiger partial charge in [0.2, 0.25) is 0 Å². The van der Waals surface area contributed by atoms with E-state index in [1.165, 1.54) is 18.5 Å². The second-order valence-corrected chi connectivity index (χ2v) is 4.10. The maximum atomic E-state index is 10.8. The number of pyridine rings is 1. The van der Waals surface area contributed by atoms with Gasteiger partial charge in [-0.1, -0.05) is 0 Å². The average molecular weight is 261 g/mol. The highest BCUT2D eigenvalue weighted by Crippen LogP contribution is 2.14. The van der Waals surface area contributed by atoms with E-state index in [1.54, 1.807) is 0 Å². The van der Waals surface area contributed by atoms with Gasteiger partial charge in [0.05, 0.1) is 23.1 Å². The molecule has 0 saturated heterocycles. The van der Waals surface area contributed by atoms with Crippen LogP contribution in [0.5, 0.6) is 5.75 Å². The van der Waals surface area contributed by atoms with Gasteiger partial charge in [-0.05, 0) is 26.0 Å². The molecule has 0 spiro atoms. The number of carboxylic acid groups (broad SMARTS) is 1. The number of carboxylic acids is 1. The largest absolute Gasteiger partial charge is 0.486 e. The first-order valence-electron chi connectivity index (χ1n) is 5.94. The molecule has 0 radical (unpaired) electrons. The average Bonchev–Trinajstić information content (AvgIpc) is 2.77. The van der Waals surface area contributed by atoms with Crippen molar-refractivity contribution in [3.05, 3.63) is 41.5 Å². The summed E-state index contributed by atoms with van der Waals surface area (Å²) in [4.78, 5) is 14.7. The van der Waals surface area contributed by atoms with Gasteiger partial charge in [0.1, 0.15) is 12.4 Å². The minimum atomic E-state index is -1.02. The van der Waals surface area contributed by atoms with Gasteiger partial charge in [0.25, 0.3) is 0 Å². The van der Waals surface area contributed by atoms with Crippen LogP contribution in [0.3, 0.4) is 0 Å². The molecule has 2 aromatic rings. The third kappa shape index (κ3) is 3.09. The van der Waals surface area contributed by atoms with Crippen molar-refractivity contribution in [3.63, 3.8) is 0 Å². The highest BCUT2D eigenvalue weighted by atomic mass is 16.5. The van der Waals surface area contributed by atoms with Crippen LogP contribution < -0.4 is 4.74 Å². The van der Waals surface area contributed by atoms with Crippen LogP contribution in [0.4, 0.5) is 0 Å². The fourth-order valence-corrected chi connectivity index (χ4v) is 1.76. The molecule has 1 N–H and O–H groups in total. The lowest BCUT2D eigenvalue weighted by Gasteiger charge is -2.07. The fourth-order valence-electron chi connectivity index (χ4n) is 1.76. The van der Waals surface area contributed by atoms with Gasteiger partial charge < -0.3 is 9.84 Å². The van der Waals surface area contributed by atoms with Crippen molar-refractivity contribution in [2.45, 2.75) is 27.0 Å². The van der Waals surface area contributed by atoms with Gasteiger partial charge in [-0.2, -0.15) is 5.10 Å². The summed E-state index contributed by atoms with van der Waals surface area (Å²) in [5.41, 5.74) is 1.98. The van der Waals surface area contributed by atoms with Gasteiger partial charge >= 0.3 is 5.97 Å². The standard InChI is InChI=1S/C13H15N3O3/c1-3-16-11(4-9(2)15-16)8-19-12-5-10(13(17)18)6-14-7-12/h4-7H,3,8H2,1-2H3,(H,17,18). The maximum absolute atomic E-state index is 10.8. The zero-order chi connectivity index (χ0) is 13.8. The summed E-state index contributed by atoms with van der Waals surface area (Å²) in [6.45, 7) is 5.02. The first-order valence-corrected chi connectivity index (χ1v) is 5.94. The third-order valence-electron chi connectivity index (χ3n) is 2.63. The molecule has 2 aromatic heterocycles. The molecule has 0 aliphatic rings. The van der Waals surface area contributed by atoms with Crippen LogP contribution in [0.15, 0.2) is 24.5 Å². The quantitative estimate of drug-likeness (QED) is 0.889. The van der Waals surface area contributed by atoms with Crippen LogP contribution in [-0.4, -0.2) is 25.8 Å². The molecule has 0 bridgehead atoms. The van der Waals surface area contributed by atoms with Crippen molar-refractivity contribution < 1.29 is 14.6 Å². The summed E-state index contributed by atoms with van der Waals surface area (Å²) in [7, 11) is 0. The number of nitrogens with zero attached hydrogens (tertiary/aromatic N) is 3. The first kappa shape index (κ1) is 13.1. The highest BCUT2D eigenvalue weighted by Gasteiger charge is 2.07. The normalized spacial score (nSPS) is 10.4. The van der Waals surface area contributed by atoms with Gasteiger partial charge in [0.15, 0.2) is 0 Å². The summed E-state index contributed by atoms with van der Waals surface area (Å²) >= 11 is 0. The Morgan fingerprint density at radius 3 is 2.89 bits per heavy atom. The summed E-state index contributed by atoms with van der Waals surface area (Å²) in [6.07, 6.45) is 2.78. The fraction of sp³-hybridized carbons (Fsp3) is 0.308. The van der Waals surface area contributed by atoms with E-state index >= 15 is 0 Å². The number of aryl methyl sites for hydroxylation is 2. The number of hydrogen-bond acceptors (Lipinski definition) is 4. The van der Waals surface area contributed by atoms with Crippen molar-refractivity contribution in [1.29, 1.82) is 0 Å². The lowest BCUT2D eigenvalue weighted by Crippen LogP contribution is -2.06. The van der Waals surface area contributed by atoms with Crippen LogP contribution in [-0.2, 0) is 13.2 Å². The first-order chi connectivity index (χ1) is 9.10. The summed E-state index contributed by atoms with van der Waals surface area (Å²) < 4.78 is 7.40. The van der Waals surface area contributed by atoms with Crippen LogP contribution in [0, 0.1) is 6.92 Å². The van der Waals surface area contributed by atoms with Gasteiger partial charge in [-0.3, -0.25) is 9.67 Å². The second-order valence-electron chi connectivity index (χ2n) is 4.10. The molecule has 0 atom stereocenters. The molecular weight excluding hydrogens is 246 g/mol. The Kier molecular flexibility index (Phi) is 3.79. The van der Waals surface area contributed by atoms with E-state index in [2.05, 4.69) is 10.1 Å². The van der Waals surface area contributed by atoms with E-state index < -0.39 is 5.97 Å². The second kappa shape index (κ2) is 5.51. The van der Waals surface area contributed by atoms with E-state index in [9.17, 15) is 4.79 Å². The van der Waals surface area contributed by atoms with Crippen molar-refractivity contribution in [2.24, 2.45) is 0 Å². The zero-order valence-electron chi connectivity index (χ0n) is 10.8. The lowest BCUT2D eigenvalue weighted by molar-refractivity contribution is 0.0696. The van der Waals surface area contributed by atoms with Crippen LogP contribution >= 0.6 is 0 Å². The predicted molar refractivity (Wildman–Crippen MR) is 68.2 cm³/mol. The number of hydrogen-bond donors (Lipinski definition) is 1. The minimum absolute atomic E-state index is 0.109. The van der Waals surface area contributed by atoms with E-state index in [0.29, 0.717) is 12.4 Å². The third-order valence-corrected chi connectivity index (χ3v) is 2.63. The Hall–Kier alpha value is -2.37. The van der Waals surface area contributed by atoms with Crippen molar-refractivity contribution in [1.82, 2.24) is 14.8 Å². The molecular formula is C13H15N3O3. The summed E-state index contributed by atoms with van der Waals surface area (Å²) in [5, 5.41) is 13.2. The molecule has 6 heteroatoms. The zero-order valence-corrected chi connectivity index (χ0v) is 10.8. The summed E-state index contributed by atoms with van der Waals surface area (Å²) in [6, 6.07) is 3.40. The molecule has 0 aliphatic heterocycles. The smallest absolute Gasteiger partial charge is 0.337 e. The summed E-state index contributed by atoms with van der Waals surface area (Å²) in [5.74, 6) is -0.589. The van der Waals surface area contributed by atoms with Crippen molar-refractivity contribution >= 4 is 5.97 Å². The van der Waals surface area contributed by atoms with Crippen LogP contribution in [0.1, 0.15) is 28.7 Å². The molecule has 2 rings (SSSR count). The van der Waals surface area contributed by atoms with E-state index in [4.69, 9.17) is 9.84 Å². The molecule has 0 fully saturated rings. The van der Waals surface area contributed by atoms with Crippen LogP contribution in [0.25, 0.3) is 0 Å². The highest BCUT2D eigenvalue weighted by molar-refractivity contribution is 5.87. The molecule has 100 valence electrons. The molecule has 6 nitrogen and oxygen atoms in total. The van der Waals surface area contributed by atoms with Gasteiger partial charge in [-0.25, -0.2) is 4.79 Å². The van der Waals surface area contributed by atoms with Crippen LogP contribution in [0.2, 0.25) is 0 Å². The number of aromatic nitrogens is 3. The maximum Gasteiger partial charge on any atom is 0.337 e. The SMILES string of the molecule is CCn1nc(C)cc1COc1cncc(C(=O)O)c1. The number of ether oxygens (including phenoxy) is 1. The van der Waals surface area contributed by atoms with E-state index in [0.717, 1.165) is 17.9 Å². The van der Waals surface area contributed by atoms with Gasteiger partial charge in [0, 0.05) is 12.7 Å². The molecule has 19 heavy (non-hydrogen) atoms. The Morgan fingerprint density at radius 2 is 2.21 bits per heavy atom. The minimum Gasteiger partial charge on any atom is -0.486 e. The van der Waals surface area contributed by atoms with Crippen molar-refractivity contribution in [3.8, 4) is 5.75 Å². The molecule has 0 unspecified atom stereocenters. The number of carbonyl (C=O) groups is 1. The predicted octanol–water partition coefficient (Wildman–Crippen LogP) is 1.88. The Labute approximate surface area is 110 Å². The molecule has 0 aromatic carbocycles. The molecule has 0 amide bonds. The number of aromatic carboxylic acids is 1. The molecule has 2 heterocycles. The van der Waals surface area contributed by atoms with Gasteiger partial charge in [-0.15, -0.1) is 0 Å². The lowest BCUT2D eigenvalue weighted by atomic mass is 10.3. The number of rotatable bonds is 5. The Morgan fingerprint density at radius 1 is 1.42 bits per heavy atom. The Bertz CT molecular complexity index is 593. The molecule has 0 saturated carbocycles. The Balaban J connectivity index is 2.09. The van der Waals surface area contributed by atoms with E-state index in [1.807, 2.05) is 24.6 Å². The monoisotopic (exact) mass is 261 g/mol. The molecule has 0 aliphatic carbocycles. The topological polar surface area (TPSA) is 77.2 Å².